The van der Waals surface area contributed by atoms with Crippen molar-refractivity contribution < 1.29 is 0 Å². The predicted octanol–water partition coefficient (Wildman–Crippen LogP) is 4.85. The fourth-order valence-corrected chi connectivity index (χ4v) is 2.97. The SMILES string of the molecule is CC(C)c1ccc(CN(Cc2cccc(C#N)c2)C2CC2)cc1. The lowest BCUT2D eigenvalue weighted by molar-refractivity contribution is 0.246. The first-order chi connectivity index (χ1) is 11.2. The summed E-state index contributed by atoms with van der Waals surface area (Å²) in [5.74, 6) is 0.581. The maximum atomic E-state index is 9.06. The molecule has 2 aromatic carbocycles. The van der Waals surface area contributed by atoms with Gasteiger partial charge in [-0.25, -0.2) is 0 Å². The summed E-state index contributed by atoms with van der Waals surface area (Å²) in [6.07, 6.45) is 2.59. The first-order valence-electron chi connectivity index (χ1n) is 8.47. The fraction of sp³-hybridized carbons (Fsp3) is 0.381. The number of rotatable bonds is 6. The van der Waals surface area contributed by atoms with Gasteiger partial charge in [0, 0.05) is 19.1 Å². The average molecular weight is 304 g/mol. The third-order valence-corrected chi connectivity index (χ3v) is 4.54. The molecular weight excluding hydrogens is 280 g/mol. The zero-order valence-corrected chi connectivity index (χ0v) is 14.0. The van der Waals surface area contributed by atoms with Crippen molar-refractivity contribution in [3.8, 4) is 6.07 Å². The Morgan fingerprint density at radius 1 is 1.04 bits per heavy atom. The molecular formula is C21H24N2. The molecule has 0 heterocycles. The maximum Gasteiger partial charge on any atom is 0.0991 e. The minimum atomic E-state index is 0.581. The molecule has 0 saturated heterocycles. The molecule has 0 spiro atoms. The van der Waals surface area contributed by atoms with E-state index in [-0.39, 0.29) is 0 Å². The minimum absolute atomic E-state index is 0.581. The standard InChI is InChI=1S/C21H24N2/c1-16(2)20-8-6-17(7-9-20)14-23(21-10-11-21)15-19-5-3-4-18(12-19)13-22/h3-9,12,16,21H,10-11,14-15H2,1-2H3. The Labute approximate surface area is 139 Å². The highest BCUT2D eigenvalue weighted by Gasteiger charge is 2.28. The van der Waals surface area contributed by atoms with Crippen molar-refractivity contribution in [2.24, 2.45) is 0 Å². The molecule has 118 valence electrons. The quantitative estimate of drug-likeness (QED) is 0.763. The van der Waals surface area contributed by atoms with Crippen molar-refractivity contribution in [1.82, 2.24) is 4.90 Å². The monoisotopic (exact) mass is 304 g/mol. The van der Waals surface area contributed by atoms with Crippen LogP contribution in [0.2, 0.25) is 0 Å². The van der Waals surface area contributed by atoms with Crippen molar-refractivity contribution >= 4 is 0 Å². The van der Waals surface area contributed by atoms with Crippen molar-refractivity contribution in [2.45, 2.75) is 51.7 Å². The second-order valence-electron chi connectivity index (χ2n) is 6.84. The maximum absolute atomic E-state index is 9.06. The minimum Gasteiger partial charge on any atom is -0.292 e. The Kier molecular flexibility index (Phi) is 4.79. The van der Waals surface area contributed by atoms with E-state index in [1.54, 1.807) is 0 Å². The topological polar surface area (TPSA) is 27.0 Å². The second kappa shape index (κ2) is 6.98. The first-order valence-corrected chi connectivity index (χ1v) is 8.47. The molecule has 1 aliphatic rings. The van der Waals surface area contributed by atoms with Crippen LogP contribution in [0.5, 0.6) is 0 Å². The number of hydrogen-bond donors (Lipinski definition) is 0. The Balaban J connectivity index is 1.70. The highest BCUT2D eigenvalue weighted by molar-refractivity contribution is 5.33. The summed E-state index contributed by atoms with van der Waals surface area (Å²) in [7, 11) is 0. The van der Waals surface area contributed by atoms with Crippen LogP contribution in [0.15, 0.2) is 48.5 Å². The number of nitrogens with zero attached hydrogens (tertiary/aromatic N) is 2. The van der Waals surface area contributed by atoms with E-state index in [1.165, 1.54) is 29.5 Å². The molecule has 1 saturated carbocycles. The molecule has 1 fully saturated rings. The molecule has 1 aliphatic carbocycles. The number of benzene rings is 2. The Hall–Kier alpha value is -2.11. The largest absolute Gasteiger partial charge is 0.292 e. The van der Waals surface area contributed by atoms with E-state index < -0.39 is 0 Å². The first kappa shape index (κ1) is 15.8. The molecule has 3 rings (SSSR count). The van der Waals surface area contributed by atoms with Crippen LogP contribution in [-0.2, 0) is 13.1 Å². The van der Waals surface area contributed by atoms with Gasteiger partial charge in [-0.1, -0.05) is 50.2 Å². The summed E-state index contributed by atoms with van der Waals surface area (Å²) in [6, 6.07) is 19.9. The van der Waals surface area contributed by atoms with Crippen LogP contribution in [0.1, 0.15) is 54.9 Å². The van der Waals surface area contributed by atoms with Gasteiger partial charge in [0.2, 0.25) is 0 Å². The van der Waals surface area contributed by atoms with Crippen molar-refractivity contribution in [1.29, 1.82) is 5.26 Å². The fourth-order valence-electron chi connectivity index (χ4n) is 2.97. The normalized spacial score (nSPS) is 14.2. The van der Waals surface area contributed by atoms with Crippen LogP contribution in [0.3, 0.4) is 0 Å². The van der Waals surface area contributed by atoms with E-state index >= 15 is 0 Å². The van der Waals surface area contributed by atoms with Crippen molar-refractivity contribution in [3.63, 3.8) is 0 Å². The van der Waals surface area contributed by atoms with Crippen LogP contribution in [0.25, 0.3) is 0 Å². The summed E-state index contributed by atoms with van der Waals surface area (Å²) >= 11 is 0. The van der Waals surface area contributed by atoms with Gasteiger partial charge in [-0.15, -0.1) is 0 Å². The Morgan fingerprint density at radius 3 is 2.35 bits per heavy atom. The molecule has 2 heteroatoms. The summed E-state index contributed by atoms with van der Waals surface area (Å²) in [5, 5.41) is 9.06. The molecule has 0 amide bonds. The summed E-state index contributed by atoms with van der Waals surface area (Å²) in [6.45, 7) is 6.37. The molecule has 0 N–H and O–H groups in total. The van der Waals surface area contributed by atoms with Crippen LogP contribution in [0, 0.1) is 11.3 Å². The Bertz CT molecular complexity index is 691. The number of nitriles is 1. The molecule has 0 radical (unpaired) electrons. The van der Waals surface area contributed by atoms with Crippen LogP contribution in [0.4, 0.5) is 0 Å². The van der Waals surface area contributed by atoms with E-state index in [0.717, 1.165) is 18.7 Å². The smallest absolute Gasteiger partial charge is 0.0991 e. The van der Waals surface area contributed by atoms with Crippen molar-refractivity contribution in [2.75, 3.05) is 0 Å². The van der Waals surface area contributed by atoms with Gasteiger partial charge in [-0.05, 0) is 47.6 Å². The van der Waals surface area contributed by atoms with Crippen LogP contribution in [-0.4, -0.2) is 10.9 Å². The molecule has 2 nitrogen and oxygen atoms in total. The molecule has 2 aromatic rings. The van der Waals surface area contributed by atoms with E-state index in [2.05, 4.69) is 55.1 Å². The van der Waals surface area contributed by atoms with Gasteiger partial charge in [0.1, 0.15) is 0 Å². The number of hydrogen-bond acceptors (Lipinski definition) is 2. The van der Waals surface area contributed by atoms with Gasteiger partial charge < -0.3 is 0 Å². The third-order valence-electron chi connectivity index (χ3n) is 4.54. The molecule has 0 aliphatic heterocycles. The predicted molar refractivity (Wildman–Crippen MR) is 94.0 cm³/mol. The van der Waals surface area contributed by atoms with Gasteiger partial charge in [0.05, 0.1) is 11.6 Å². The molecule has 0 bridgehead atoms. The van der Waals surface area contributed by atoms with E-state index in [4.69, 9.17) is 5.26 Å². The lowest BCUT2D eigenvalue weighted by Gasteiger charge is -2.22. The highest BCUT2D eigenvalue weighted by Crippen LogP contribution is 2.30. The molecule has 23 heavy (non-hydrogen) atoms. The van der Waals surface area contributed by atoms with Crippen molar-refractivity contribution in [3.05, 3.63) is 70.8 Å². The van der Waals surface area contributed by atoms with Gasteiger partial charge in [-0.2, -0.15) is 5.26 Å². The lowest BCUT2D eigenvalue weighted by atomic mass is 10.0. The lowest BCUT2D eigenvalue weighted by Crippen LogP contribution is -2.25. The van der Waals surface area contributed by atoms with Crippen LogP contribution >= 0.6 is 0 Å². The zero-order chi connectivity index (χ0) is 16.2. The second-order valence-corrected chi connectivity index (χ2v) is 6.84. The van der Waals surface area contributed by atoms with Crippen LogP contribution < -0.4 is 0 Å². The van der Waals surface area contributed by atoms with Gasteiger partial charge in [-0.3, -0.25) is 4.90 Å². The molecule has 0 atom stereocenters. The average Bonchev–Trinajstić information content (AvgIpc) is 3.40. The summed E-state index contributed by atoms with van der Waals surface area (Å²) in [4.78, 5) is 2.54. The summed E-state index contributed by atoms with van der Waals surface area (Å²) in [5.41, 5.74) is 4.75. The van der Waals surface area contributed by atoms with Gasteiger partial charge in [0.15, 0.2) is 0 Å². The Morgan fingerprint density at radius 2 is 1.74 bits per heavy atom. The zero-order valence-electron chi connectivity index (χ0n) is 14.0. The summed E-state index contributed by atoms with van der Waals surface area (Å²) < 4.78 is 0. The third kappa shape index (κ3) is 4.21. The molecule has 0 aromatic heterocycles. The van der Waals surface area contributed by atoms with Gasteiger partial charge in [0.25, 0.3) is 0 Å². The van der Waals surface area contributed by atoms with E-state index in [0.29, 0.717) is 12.0 Å². The van der Waals surface area contributed by atoms with E-state index in [9.17, 15) is 0 Å². The van der Waals surface area contributed by atoms with E-state index in [1.807, 2.05) is 18.2 Å². The molecule has 0 unspecified atom stereocenters. The highest BCUT2D eigenvalue weighted by atomic mass is 15.2. The van der Waals surface area contributed by atoms with Gasteiger partial charge >= 0.3 is 0 Å².